The fraction of sp³-hybridized carbons (Fsp3) is 0.562. The first-order valence-electron chi connectivity index (χ1n) is 8.61. The molecule has 1 fully saturated rings. The molecular weight excluding hydrogens is 356 g/mol. The van der Waals surface area contributed by atoms with Crippen LogP contribution in [0.5, 0.6) is 0 Å². The van der Waals surface area contributed by atoms with E-state index in [1.165, 1.54) is 11.8 Å². The minimum Gasteiger partial charge on any atom is -0.459 e. The van der Waals surface area contributed by atoms with Crippen molar-refractivity contribution in [2.75, 3.05) is 37.4 Å². The molecule has 0 unspecified atom stereocenters. The van der Waals surface area contributed by atoms with E-state index in [1.54, 1.807) is 17.8 Å². The number of carbonyl (C=O) groups is 2. The minimum atomic E-state index is -0.874. The molecular formula is C16H22N6O3S. The van der Waals surface area contributed by atoms with Crippen LogP contribution in [-0.4, -0.2) is 64.1 Å². The van der Waals surface area contributed by atoms with Gasteiger partial charge in [-0.05, 0) is 26.0 Å². The fourth-order valence-electron chi connectivity index (χ4n) is 2.89. The molecule has 3 rings (SSSR count). The third kappa shape index (κ3) is 3.90. The molecule has 0 radical (unpaired) electrons. The highest BCUT2D eigenvalue weighted by molar-refractivity contribution is 7.98. The summed E-state index contributed by atoms with van der Waals surface area (Å²) in [6.07, 6.45) is 6.03. The molecule has 1 aliphatic heterocycles. The van der Waals surface area contributed by atoms with Crippen molar-refractivity contribution in [1.82, 2.24) is 25.1 Å². The van der Waals surface area contributed by atoms with Crippen molar-refractivity contribution in [2.24, 2.45) is 0 Å². The van der Waals surface area contributed by atoms with Gasteiger partial charge in [-0.1, -0.05) is 11.8 Å². The number of rotatable bonds is 6. The third-order valence-electron chi connectivity index (χ3n) is 4.11. The molecule has 3 heterocycles. The number of ether oxygens (including phenoxy) is 1. The first kappa shape index (κ1) is 18.4. The van der Waals surface area contributed by atoms with Gasteiger partial charge in [-0.3, -0.25) is 4.79 Å². The second kappa shape index (κ2) is 8.35. The predicted molar refractivity (Wildman–Crippen MR) is 98.2 cm³/mol. The van der Waals surface area contributed by atoms with Crippen LogP contribution >= 0.6 is 11.8 Å². The summed E-state index contributed by atoms with van der Waals surface area (Å²) < 4.78 is 6.39. The number of aromatic nitrogens is 4. The van der Waals surface area contributed by atoms with Gasteiger partial charge in [-0.15, -0.1) is 0 Å². The number of fused-ring (bicyclic) bond motifs is 1. The van der Waals surface area contributed by atoms with Crippen LogP contribution in [0.1, 0.15) is 19.8 Å². The van der Waals surface area contributed by atoms with Crippen LogP contribution in [0.25, 0.3) is 11.0 Å². The highest BCUT2D eigenvalue weighted by Gasteiger charge is 2.21. The number of thioether (sulfide) groups is 1. The van der Waals surface area contributed by atoms with E-state index >= 15 is 0 Å². The van der Waals surface area contributed by atoms with Gasteiger partial charge in [0.25, 0.3) is 0 Å². The van der Waals surface area contributed by atoms with Crippen LogP contribution in [0.15, 0.2) is 11.4 Å². The van der Waals surface area contributed by atoms with Gasteiger partial charge in [0.05, 0.1) is 24.7 Å². The maximum absolute atomic E-state index is 11.6. The number of esters is 1. The first-order valence-corrected chi connectivity index (χ1v) is 9.84. The Morgan fingerprint density at radius 3 is 2.77 bits per heavy atom. The molecule has 9 nitrogen and oxygen atoms in total. The molecule has 0 aromatic carbocycles. The van der Waals surface area contributed by atoms with Crippen molar-refractivity contribution in [3.8, 4) is 0 Å². The van der Waals surface area contributed by atoms with E-state index in [0.717, 1.165) is 42.8 Å². The number of anilines is 1. The zero-order valence-electron chi connectivity index (χ0n) is 14.9. The summed E-state index contributed by atoms with van der Waals surface area (Å²) in [5.74, 6) is -0.708. The Labute approximate surface area is 155 Å². The second-order valence-corrected chi connectivity index (χ2v) is 6.58. The number of hydrogen-bond acceptors (Lipinski definition) is 8. The van der Waals surface area contributed by atoms with Gasteiger partial charge in [-0.2, -0.15) is 5.10 Å². The smallest absolute Gasteiger partial charge is 0.396 e. The van der Waals surface area contributed by atoms with E-state index in [-0.39, 0.29) is 13.2 Å². The lowest BCUT2D eigenvalue weighted by atomic mass is 10.3. The SMILES string of the molecule is CCOC(=O)C(=O)NCCn1ncc2c(N3CCCC3)nc(SC)nc21. The Balaban J connectivity index is 1.76. The summed E-state index contributed by atoms with van der Waals surface area (Å²) in [5.41, 5.74) is 0.733. The standard InChI is InChI=1S/C16H22N6O3S/c1-3-25-15(24)14(23)17-6-9-22-13-11(10-18-22)12(19-16(20-13)26-2)21-7-4-5-8-21/h10H,3-9H2,1-2H3,(H,17,23). The van der Waals surface area contributed by atoms with Gasteiger partial charge in [0, 0.05) is 19.6 Å². The lowest BCUT2D eigenvalue weighted by Gasteiger charge is -2.17. The van der Waals surface area contributed by atoms with Crippen molar-refractivity contribution < 1.29 is 14.3 Å². The highest BCUT2D eigenvalue weighted by atomic mass is 32.2. The predicted octanol–water partition coefficient (Wildman–Crippen LogP) is 0.828. The zero-order valence-corrected chi connectivity index (χ0v) is 15.7. The first-order chi connectivity index (χ1) is 12.6. The molecule has 0 bridgehead atoms. The maximum Gasteiger partial charge on any atom is 0.396 e. The number of amides is 1. The number of hydrogen-bond donors (Lipinski definition) is 1. The molecule has 0 saturated carbocycles. The number of nitrogens with zero attached hydrogens (tertiary/aromatic N) is 5. The maximum atomic E-state index is 11.6. The van der Waals surface area contributed by atoms with Gasteiger partial charge in [0.2, 0.25) is 0 Å². The Kier molecular flexibility index (Phi) is 5.92. The molecule has 0 aliphatic carbocycles. The number of carbonyl (C=O) groups excluding carboxylic acids is 2. The van der Waals surface area contributed by atoms with Gasteiger partial charge >= 0.3 is 11.9 Å². The van der Waals surface area contributed by atoms with E-state index < -0.39 is 11.9 Å². The molecule has 10 heteroatoms. The molecule has 0 atom stereocenters. The lowest BCUT2D eigenvalue weighted by Crippen LogP contribution is -2.34. The Bertz CT molecular complexity index is 803. The van der Waals surface area contributed by atoms with E-state index in [0.29, 0.717) is 11.7 Å². The van der Waals surface area contributed by atoms with Crippen LogP contribution in [0.4, 0.5) is 5.82 Å². The van der Waals surface area contributed by atoms with Gasteiger partial charge in [0.1, 0.15) is 5.82 Å². The quantitative estimate of drug-likeness (QED) is 0.341. The monoisotopic (exact) mass is 378 g/mol. The summed E-state index contributed by atoms with van der Waals surface area (Å²) in [6.45, 7) is 4.46. The molecule has 0 spiro atoms. The molecule has 1 aliphatic rings. The molecule has 2 aromatic rings. The Morgan fingerprint density at radius 1 is 1.31 bits per heavy atom. The Hall–Kier alpha value is -2.36. The van der Waals surface area contributed by atoms with Crippen LogP contribution in [0.3, 0.4) is 0 Å². The summed E-state index contributed by atoms with van der Waals surface area (Å²) in [5, 5.41) is 8.52. The van der Waals surface area contributed by atoms with Crippen molar-refractivity contribution in [3.63, 3.8) is 0 Å². The van der Waals surface area contributed by atoms with Crippen LogP contribution < -0.4 is 10.2 Å². The van der Waals surface area contributed by atoms with E-state index in [1.807, 2.05) is 6.26 Å². The Morgan fingerprint density at radius 2 is 2.08 bits per heavy atom. The minimum absolute atomic E-state index is 0.170. The van der Waals surface area contributed by atoms with Crippen molar-refractivity contribution in [1.29, 1.82) is 0 Å². The molecule has 1 N–H and O–H groups in total. The van der Waals surface area contributed by atoms with Crippen molar-refractivity contribution in [3.05, 3.63) is 6.20 Å². The van der Waals surface area contributed by atoms with Crippen LogP contribution in [0.2, 0.25) is 0 Å². The topological polar surface area (TPSA) is 102 Å². The van der Waals surface area contributed by atoms with E-state index in [9.17, 15) is 9.59 Å². The zero-order chi connectivity index (χ0) is 18.5. The average molecular weight is 378 g/mol. The van der Waals surface area contributed by atoms with Gasteiger partial charge in [-0.25, -0.2) is 19.4 Å². The summed E-state index contributed by atoms with van der Waals surface area (Å²) in [4.78, 5) is 34.4. The molecule has 1 saturated heterocycles. The summed E-state index contributed by atoms with van der Waals surface area (Å²) in [6, 6.07) is 0. The van der Waals surface area contributed by atoms with Crippen LogP contribution in [0, 0.1) is 0 Å². The second-order valence-electron chi connectivity index (χ2n) is 5.81. The number of nitrogens with one attached hydrogen (secondary N) is 1. The van der Waals surface area contributed by atoms with Crippen molar-refractivity contribution >= 4 is 40.5 Å². The van der Waals surface area contributed by atoms with E-state index in [4.69, 9.17) is 0 Å². The summed E-state index contributed by atoms with van der Waals surface area (Å²) in [7, 11) is 0. The van der Waals surface area contributed by atoms with Gasteiger partial charge in [0.15, 0.2) is 10.8 Å². The molecule has 140 valence electrons. The normalized spacial score (nSPS) is 14.0. The van der Waals surface area contributed by atoms with E-state index in [2.05, 4.69) is 30.0 Å². The molecule has 1 amide bonds. The summed E-state index contributed by atoms with van der Waals surface area (Å²) >= 11 is 1.49. The largest absolute Gasteiger partial charge is 0.459 e. The fourth-order valence-corrected chi connectivity index (χ4v) is 3.25. The highest BCUT2D eigenvalue weighted by Crippen LogP contribution is 2.28. The van der Waals surface area contributed by atoms with Crippen LogP contribution in [-0.2, 0) is 20.9 Å². The third-order valence-corrected chi connectivity index (χ3v) is 4.66. The molecule has 2 aromatic heterocycles. The lowest BCUT2D eigenvalue weighted by molar-refractivity contribution is -0.154. The average Bonchev–Trinajstić information content (AvgIpc) is 3.31. The van der Waals surface area contributed by atoms with Crippen molar-refractivity contribution in [2.45, 2.75) is 31.5 Å². The van der Waals surface area contributed by atoms with Gasteiger partial charge < -0.3 is 15.0 Å². The molecule has 26 heavy (non-hydrogen) atoms.